The Balaban J connectivity index is 1.81. The summed E-state index contributed by atoms with van der Waals surface area (Å²) >= 11 is 7.34. The maximum atomic E-state index is 14.0. The molecule has 0 aliphatic carbocycles. The van der Waals surface area contributed by atoms with Crippen LogP contribution in [-0.4, -0.2) is 23.4 Å². The topological polar surface area (TPSA) is 49.4 Å². The van der Waals surface area contributed by atoms with Gasteiger partial charge in [0, 0.05) is 17.3 Å². The maximum absolute atomic E-state index is 14.0. The number of carbonyl (C=O) groups is 2. The van der Waals surface area contributed by atoms with Gasteiger partial charge in [-0.2, -0.15) is 0 Å². The number of nitrogens with zero attached hydrogens (tertiary/aromatic N) is 1. The van der Waals surface area contributed by atoms with Gasteiger partial charge in [-0.1, -0.05) is 18.2 Å². The summed E-state index contributed by atoms with van der Waals surface area (Å²) in [6.07, 6.45) is 0. The molecule has 0 bridgehead atoms. The number of aryl methyl sites for hydroxylation is 1. The third kappa shape index (κ3) is 4.18. The maximum Gasteiger partial charge on any atom is 0.238 e. The van der Waals surface area contributed by atoms with Gasteiger partial charge in [0.1, 0.15) is 11.2 Å². The van der Waals surface area contributed by atoms with Crippen LogP contribution in [0.15, 0.2) is 42.5 Å². The van der Waals surface area contributed by atoms with E-state index in [-0.39, 0.29) is 28.9 Å². The first-order valence-corrected chi connectivity index (χ1v) is 10.5. The number of thioether (sulfide) groups is 1. The van der Waals surface area contributed by atoms with Crippen molar-refractivity contribution >= 4 is 46.6 Å². The van der Waals surface area contributed by atoms with Crippen LogP contribution in [0.5, 0.6) is 0 Å². The van der Waals surface area contributed by atoms with Crippen LogP contribution in [0.3, 0.4) is 0 Å². The third-order valence-corrected chi connectivity index (χ3v) is 6.58. The Hall–Kier alpha value is -2.05. The first-order valence-electron chi connectivity index (χ1n) is 8.90. The van der Waals surface area contributed by atoms with Crippen LogP contribution in [-0.2, 0) is 9.59 Å². The predicted octanol–water partition coefficient (Wildman–Crippen LogP) is 5.12. The van der Waals surface area contributed by atoms with Gasteiger partial charge < -0.3 is 5.32 Å². The van der Waals surface area contributed by atoms with Crippen molar-refractivity contribution in [3.05, 3.63) is 59.4 Å². The smallest absolute Gasteiger partial charge is 0.238 e. The second-order valence-corrected chi connectivity index (χ2v) is 8.79. The minimum absolute atomic E-state index is 0.0560. The van der Waals surface area contributed by atoms with Gasteiger partial charge in [-0.15, -0.1) is 23.4 Å². The lowest BCUT2D eigenvalue weighted by atomic mass is 9.95. The molecule has 3 rings (SSSR count). The fourth-order valence-electron chi connectivity index (χ4n) is 2.77. The van der Waals surface area contributed by atoms with E-state index in [4.69, 9.17) is 11.6 Å². The molecule has 148 valence electrons. The summed E-state index contributed by atoms with van der Waals surface area (Å²) in [6.45, 7) is 5.25. The predicted molar refractivity (Wildman–Crippen MR) is 113 cm³/mol. The van der Waals surface area contributed by atoms with E-state index in [0.29, 0.717) is 22.7 Å². The van der Waals surface area contributed by atoms with Gasteiger partial charge in [-0.25, -0.2) is 4.39 Å². The minimum Gasteiger partial charge on any atom is -0.326 e. The quantitative estimate of drug-likeness (QED) is 0.683. The van der Waals surface area contributed by atoms with Crippen LogP contribution >= 0.6 is 23.4 Å². The lowest BCUT2D eigenvalue weighted by molar-refractivity contribution is -0.123. The number of hydrogen-bond acceptors (Lipinski definition) is 3. The van der Waals surface area contributed by atoms with Crippen LogP contribution in [0.1, 0.15) is 30.3 Å². The number of anilines is 2. The summed E-state index contributed by atoms with van der Waals surface area (Å²) < 4.78 is 14.0. The van der Waals surface area contributed by atoms with E-state index < -0.39 is 5.41 Å². The van der Waals surface area contributed by atoms with E-state index in [9.17, 15) is 14.0 Å². The molecule has 1 aliphatic rings. The summed E-state index contributed by atoms with van der Waals surface area (Å²) in [5, 5.41) is 2.62. The molecule has 1 saturated heterocycles. The van der Waals surface area contributed by atoms with Gasteiger partial charge >= 0.3 is 0 Å². The highest BCUT2D eigenvalue weighted by Gasteiger charge is 2.34. The van der Waals surface area contributed by atoms with Gasteiger partial charge in [0.2, 0.25) is 11.8 Å². The average molecular weight is 421 g/mol. The van der Waals surface area contributed by atoms with Crippen molar-refractivity contribution in [2.45, 2.75) is 26.1 Å². The summed E-state index contributed by atoms with van der Waals surface area (Å²) in [4.78, 5) is 26.3. The van der Waals surface area contributed by atoms with Crippen molar-refractivity contribution in [3.63, 3.8) is 0 Å². The molecule has 1 fully saturated rings. The number of hydrogen-bond donors (Lipinski definition) is 1. The summed E-state index contributed by atoms with van der Waals surface area (Å²) in [5.74, 6) is 0.0142. The Kier molecular flexibility index (Phi) is 6.01. The molecule has 2 aromatic rings. The summed E-state index contributed by atoms with van der Waals surface area (Å²) in [6, 6.07) is 12.2. The monoisotopic (exact) mass is 420 g/mol. The molecule has 1 aliphatic heterocycles. The van der Waals surface area contributed by atoms with Gasteiger partial charge in [0.05, 0.1) is 11.2 Å². The molecule has 4 nitrogen and oxygen atoms in total. The van der Waals surface area contributed by atoms with Crippen LogP contribution in [0, 0.1) is 18.2 Å². The number of alkyl halides is 1. The van der Waals surface area contributed by atoms with Crippen molar-refractivity contribution in [2.24, 2.45) is 5.41 Å². The van der Waals surface area contributed by atoms with E-state index in [0.717, 1.165) is 5.56 Å². The third-order valence-electron chi connectivity index (χ3n) is 4.70. The Bertz CT molecular complexity index is 902. The van der Waals surface area contributed by atoms with Crippen molar-refractivity contribution in [3.8, 4) is 0 Å². The molecule has 0 aromatic heterocycles. The Morgan fingerprint density at radius 2 is 1.96 bits per heavy atom. The molecule has 2 aromatic carbocycles. The van der Waals surface area contributed by atoms with E-state index in [1.807, 2.05) is 12.1 Å². The molecule has 0 radical (unpaired) electrons. The summed E-state index contributed by atoms with van der Waals surface area (Å²) in [7, 11) is 0. The highest BCUT2D eigenvalue weighted by molar-refractivity contribution is 8.00. The van der Waals surface area contributed by atoms with Crippen molar-refractivity contribution in [1.82, 2.24) is 0 Å². The molecular weight excluding hydrogens is 399 g/mol. The van der Waals surface area contributed by atoms with Gasteiger partial charge in [-0.3, -0.25) is 14.5 Å². The number of rotatable bonds is 5. The van der Waals surface area contributed by atoms with Crippen LogP contribution in [0.4, 0.5) is 15.8 Å². The molecular formula is C21H22ClFN2O2S. The summed E-state index contributed by atoms with van der Waals surface area (Å²) in [5.41, 5.74) is 1.99. The molecule has 7 heteroatoms. The van der Waals surface area contributed by atoms with Crippen molar-refractivity contribution in [1.29, 1.82) is 0 Å². The van der Waals surface area contributed by atoms with E-state index in [1.54, 1.807) is 49.9 Å². The molecule has 1 atom stereocenters. The highest BCUT2D eigenvalue weighted by Crippen LogP contribution is 2.42. The number of carbonyl (C=O) groups excluding carboxylic acids is 2. The molecule has 1 heterocycles. The molecule has 1 N–H and O–H groups in total. The number of halogens is 2. The zero-order valence-electron chi connectivity index (χ0n) is 16.0. The second kappa shape index (κ2) is 8.13. The zero-order valence-corrected chi connectivity index (χ0v) is 17.5. The van der Waals surface area contributed by atoms with E-state index >= 15 is 0 Å². The standard InChI is InChI=1S/C21H22ClFN2O2S/c1-13-4-9-16(10-17(13)23)25-18(26)11-28-19(25)14-5-7-15(8-6-14)24-20(27)21(2,3)12-22/h4-10,19H,11-12H2,1-3H3,(H,24,27)/t19-/m0/s1. The highest BCUT2D eigenvalue weighted by atomic mass is 35.5. The van der Waals surface area contributed by atoms with Gasteiger partial charge in [-0.05, 0) is 56.2 Å². The first-order chi connectivity index (χ1) is 13.2. The molecule has 0 unspecified atom stereocenters. The van der Waals surface area contributed by atoms with Crippen molar-refractivity contribution < 1.29 is 14.0 Å². The van der Waals surface area contributed by atoms with Crippen LogP contribution in [0.2, 0.25) is 0 Å². The van der Waals surface area contributed by atoms with Crippen LogP contribution < -0.4 is 10.2 Å². The average Bonchev–Trinajstić information content (AvgIpc) is 3.06. The lowest BCUT2D eigenvalue weighted by Crippen LogP contribution is -2.32. The molecule has 28 heavy (non-hydrogen) atoms. The molecule has 0 spiro atoms. The minimum atomic E-state index is -0.666. The molecule has 2 amide bonds. The first kappa shape index (κ1) is 20.7. The Morgan fingerprint density at radius 3 is 2.57 bits per heavy atom. The second-order valence-electron chi connectivity index (χ2n) is 7.45. The van der Waals surface area contributed by atoms with Crippen molar-refractivity contribution in [2.75, 3.05) is 21.8 Å². The van der Waals surface area contributed by atoms with Gasteiger partial charge in [0.15, 0.2) is 0 Å². The van der Waals surface area contributed by atoms with E-state index in [1.165, 1.54) is 17.8 Å². The number of nitrogens with one attached hydrogen (secondary N) is 1. The zero-order chi connectivity index (χ0) is 20.5. The largest absolute Gasteiger partial charge is 0.326 e. The number of benzene rings is 2. The Morgan fingerprint density at radius 1 is 1.29 bits per heavy atom. The number of amides is 2. The fraction of sp³-hybridized carbons (Fsp3) is 0.333. The van der Waals surface area contributed by atoms with Crippen LogP contribution in [0.25, 0.3) is 0 Å². The Labute approximate surface area is 173 Å². The SMILES string of the molecule is Cc1ccc(N2C(=O)CS[C@H]2c2ccc(NC(=O)C(C)(C)CCl)cc2)cc1F. The fourth-order valence-corrected chi connectivity index (χ4v) is 4.07. The van der Waals surface area contributed by atoms with Gasteiger partial charge in [0.25, 0.3) is 0 Å². The lowest BCUT2D eigenvalue weighted by Gasteiger charge is -2.25. The molecule has 0 saturated carbocycles. The van der Waals surface area contributed by atoms with E-state index in [2.05, 4.69) is 5.32 Å². The normalized spacial score (nSPS) is 17.1.